The summed E-state index contributed by atoms with van der Waals surface area (Å²) < 4.78 is 5.15. The standard InChI is InChI=1S/C27H27NPS/c1-28-30(26-19-11-5-12-20-26,27-21-13-6-14-22-27)23-29(2,24-15-7-3-8-16-24)25-17-9-4-10-18-25/h3-23H,1-2H3/q+1. The van der Waals surface area contributed by atoms with E-state index in [4.69, 9.17) is 4.36 Å². The predicted octanol–water partition coefficient (Wildman–Crippen LogP) is 6.13. The van der Waals surface area contributed by atoms with Crippen molar-refractivity contribution in [2.45, 2.75) is 9.79 Å². The molecule has 0 aliphatic carbocycles. The minimum atomic E-state index is -1.82. The third kappa shape index (κ3) is 3.86. The summed E-state index contributed by atoms with van der Waals surface area (Å²) in [7, 11) is 0.282. The molecule has 0 aliphatic heterocycles. The quantitative estimate of drug-likeness (QED) is 0.268. The summed E-state index contributed by atoms with van der Waals surface area (Å²) in [5, 5.41) is 5.36. The monoisotopic (exact) mass is 428 g/mol. The molecule has 0 atom stereocenters. The molecule has 150 valence electrons. The molecule has 0 aromatic heterocycles. The first-order valence-electron chi connectivity index (χ1n) is 10.1. The van der Waals surface area contributed by atoms with E-state index in [-0.39, 0.29) is 0 Å². The van der Waals surface area contributed by atoms with Crippen LogP contribution in [-0.4, -0.2) is 18.8 Å². The third-order valence-corrected chi connectivity index (χ3v) is 13.6. The van der Waals surface area contributed by atoms with Crippen molar-refractivity contribution < 1.29 is 0 Å². The molecule has 1 nitrogen and oxygen atoms in total. The van der Waals surface area contributed by atoms with Gasteiger partial charge in [-0.25, -0.2) is 0 Å². The average Bonchev–Trinajstić information content (AvgIpc) is 2.85. The zero-order chi connectivity index (χ0) is 20.9. The molecule has 0 fully saturated rings. The molecule has 4 aromatic rings. The van der Waals surface area contributed by atoms with Crippen LogP contribution in [0.5, 0.6) is 0 Å². The van der Waals surface area contributed by atoms with Gasteiger partial charge in [-0.2, -0.15) is 0 Å². The van der Waals surface area contributed by atoms with Crippen molar-refractivity contribution in [1.29, 1.82) is 0 Å². The van der Waals surface area contributed by atoms with Gasteiger partial charge in [0.2, 0.25) is 0 Å². The number of hydrogen-bond donors (Lipinski definition) is 0. The first-order valence-corrected chi connectivity index (χ1v) is 14.0. The van der Waals surface area contributed by atoms with E-state index in [1.165, 1.54) is 20.4 Å². The average molecular weight is 429 g/mol. The van der Waals surface area contributed by atoms with Crippen LogP contribution in [0.2, 0.25) is 0 Å². The van der Waals surface area contributed by atoms with E-state index in [9.17, 15) is 0 Å². The summed E-state index contributed by atoms with van der Waals surface area (Å²) in [6, 6.07) is 43.4. The summed E-state index contributed by atoms with van der Waals surface area (Å²) in [6.07, 6.45) is 0. The minimum absolute atomic E-state index is 1.27. The van der Waals surface area contributed by atoms with Gasteiger partial charge in [-0.15, -0.1) is 4.36 Å². The Morgan fingerprint density at radius 1 is 0.567 bits per heavy atom. The number of benzene rings is 4. The van der Waals surface area contributed by atoms with Gasteiger partial charge >= 0.3 is 0 Å². The Labute approximate surface area is 181 Å². The summed E-state index contributed by atoms with van der Waals surface area (Å²) >= 11 is 0. The molecule has 4 rings (SSSR count). The highest BCUT2D eigenvalue weighted by molar-refractivity contribution is 8.24. The first kappa shape index (κ1) is 20.6. The fraction of sp³-hybridized carbons (Fsp3) is 0.0741. The summed E-state index contributed by atoms with van der Waals surface area (Å²) in [4.78, 5) is 2.55. The second-order valence-electron chi connectivity index (χ2n) is 7.29. The number of nitrogens with zero attached hydrogens (tertiary/aromatic N) is 1. The third-order valence-electron chi connectivity index (χ3n) is 5.44. The van der Waals surface area contributed by atoms with Crippen LogP contribution in [0.3, 0.4) is 0 Å². The van der Waals surface area contributed by atoms with Gasteiger partial charge in [0.1, 0.15) is 14.9 Å². The lowest BCUT2D eigenvalue weighted by Gasteiger charge is -2.25. The molecule has 4 aromatic carbocycles. The summed E-state index contributed by atoms with van der Waals surface area (Å²) in [6.45, 7) is 0.602. The molecule has 0 amide bonds. The van der Waals surface area contributed by atoms with Crippen LogP contribution in [0.25, 0.3) is 0 Å². The van der Waals surface area contributed by atoms with Crippen molar-refractivity contribution in [3.05, 3.63) is 121 Å². The van der Waals surface area contributed by atoms with Crippen molar-refractivity contribution in [2.75, 3.05) is 13.7 Å². The molecule has 3 heteroatoms. The second-order valence-corrected chi connectivity index (χ2v) is 13.9. The van der Waals surface area contributed by atoms with Crippen LogP contribution in [0.1, 0.15) is 0 Å². The van der Waals surface area contributed by atoms with Gasteiger partial charge in [-0.1, -0.05) is 97.1 Å². The first-order chi connectivity index (χ1) is 14.7. The van der Waals surface area contributed by atoms with Gasteiger partial charge in [0.05, 0.1) is 16.9 Å². The van der Waals surface area contributed by atoms with Gasteiger partial charge < -0.3 is 0 Å². The Morgan fingerprint density at radius 3 is 1.23 bits per heavy atom. The zero-order valence-corrected chi connectivity index (χ0v) is 19.1. The molecule has 0 radical (unpaired) electrons. The molecule has 0 aliphatic rings. The van der Waals surface area contributed by atoms with Crippen LogP contribution in [-0.2, 0) is 9.82 Å². The van der Waals surface area contributed by atoms with E-state index in [1.807, 2.05) is 7.05 Å². The van der Waals surface area contributed by atoms with Gasteiger partial charge in [-0.05, 0) is 48.4 Å². The van der Waals surface area contributed by atoms with E-state index in [0.29, 0.717) is 0 Å². The Kier molecular flexibility index (Phi) is 6.18. The van der Waals surface area contributed by atoms with Crippen molar-refractivity contribution in [3.8, 4) is 0 Å². The Balaban J connectivity index is 2.12. The molecule has 0 saturated heterocycles. The molecular weight excluding hydrogens is 401 g/mol. The van der Waals surface area contributed by atoms with Crippen LogP contribution >= 0.6 is 6.89 Å². The van der Waals surface area contributed by atoms with Crippen molar-refractivity contribution >= 4 is 32.4 Å². The smallest absolute Gasteiger partial charge is 0.131 e. The highest BCUT2D eigenvalue weighted by Crippen LogP contribution is 2.45. The molecule has 0 spiro atoms. The van der Waals surface area contributed by atoms with Crippen LogP contribution in [0, 0.1) is 0 Å². The fourth-order valence-corrected chi connectivity index (χ4v) is 12.3. The van der Waals surface area contributed by atoms with Crippen LogP contribution in [0.15, 0.2) is 135 Å². The fourth-order valence-electron chi connectivity index (χ4n) is 3.82. The lowest BCUT2D eigenvalue weighted by molar-refractivity contribution is 1.34. The Morgan fingerprint density at radius 2 is 0.900 bits per heavy atom. The lowest BCUT2D eigenvalue weighted by Crippen LogP contribution is -2.23. The van der Waals surface area contributed by atoms with Crippen molar-refractivity contribution in [1.82, 2.24) is 0 Å². The SMILES string of the molecule is CN=[S+](C=P(C)(c1ccccc1)c1ccccc1)(c1ccccc1)c1ccccc1. The summed E-state index contributed by atoms with van der Waals surface area (Å²) in [5.41, 5.74) is 0. The highest BCUT2D eigenvalue weighted by Gasteiger charge is 2.33. The maximum Gasteiger partial charge on any atom is 0.148 e. The Hall–Kier alpha value is -2.67. The Bertz CT molecular complexity index is 1110. The van der Waals surface area contributed by atoms with Crippen molar-refractivity contribution in [2.24, 2.45) is 4.36 Å². The van der Waals surface area contributed by atoms with Gasteiger partial charge in [0, 0.05) is 0 Å². The van der Waals surface area contributed by atoms with E-state index < -0.39 is 16.7 Å². The van der Waals surface area contributed by atoms with E-state index >= 15 is 0 Å². The normalized spacial score (nSPS) is 11.7. The predicted molar refractivity (Wildman–Crippen MR) is 136 cm³/mol. The van der Waals surface area contributed by atoms with E-state index in [2.05, 4.69) is 133 Å². The van der Waals surface area contributed by atoms with Crippen molar-refractivity contribution in [3.63, 3.8) is 0 Å². The van der Waals surface area contributed by atoms with Gasteiger partial charge in [0.15, 0.2) is 0 Å². The molecule has 0 saturated carbocycles. The molecular formula is C27H27NPS+. The largest absolute Gasteiger partial charge is 0.148 e. The van der Waals surface area contributed by atoms with Gasteiger partial charge in [0.25, 0.3) is 0 Å². The topological polar surface area (TPSA) is 12.4 Å². The summed E-state index contributed by atoms with van der Waals surface area (Å²) in [5.74, 6) is 0. The maximum absolute atomic E-state index is 5.15. The number of rotatable bonds is 5. The highest BCUT2D eigenvalue weighted by atomic mass is 32.2. The molecule has 0 bridgehead atoms. The molecule has 30 heavy (non-hydrogen) atoms. The molecule has 0 N–H and O–H groups in total. The zero-order valence-electron chi connectivity index (χ0n) is 17.4. The van der Waals surface area contributed by atoms with Crippen LogP contribution < -0.4 is 10.6 Å². The maximum atomic E-state index is 5.15. The van der Waals surface area contributed by atoms with E-state index in [1.54, 1.807) is 0 Å². The molecule has 0 unspecified atom stereocenters. The molecule has 0 heterocycles. The number of hydrogen-bond acceptors (Lipinski definition) is 1. The lowest BCUT2D eigenvalue weighted by atomic mass is 10.4. The second kappa shape index (κ2) is 9.00. The minimum Gasteiger partial charge on any atom is -0.131 e. The van der Waals surface area contributed by atoms with Crippen LogP contribution in [0.4, 0.5) is 0 Å². The van der Waals surface area contributed by atoms with Gasteiger partial charge in [-0.3, -0.25) is 0 Å². The van der Waals surface area contributed by atoms with E-state index in [0.717, 1.165) is 0 Å².